The van der Waals surface area contributed by atoms with Crippen LogP contribution in [-0.2, 0) is 0 Å². The smallest absolute Gasteiger partial charge is 0.194 e. The maximum absolute atomic E-state index is 10.5. The maximum atomic E-state index is 10.5. The van der Waals surface area contributed by atoms with Gasteiger partial charge >= 0.3 is 0 Å². The number of guanidine groups is 1. The maximum Gasteiger partial charge on any atom is 0.194 e. The van der Waals surface area contributed by atoms with Gasteiger partial charge in [0.25, 0.3) is 0 Å². The van der Waals surface area contributed by atoms with Gasteiger partial charge in [0.15, 0.2) is 5.96 Å². The second kappa shape index (κ2) is 8.41. The third-order valence-corrected chi connectivity index (χ3v) is 5.47. The molecule has 2 fully saturated rings. The van der Waals surface area contributed by atoms with E-state index in [-0.39, 0.29) is 0 Å². The molecule has 1 unspecified atom stereocenters. The molecular weight excluding hydrogens is 296 g/mol. The summed E-state index contributed by atoms with van der Waals surface area (Å²) < 4.78 is 0. The van der Waals surface area contributed by atoms with Crippen molar-refractivity contribution in [2.45, 2.75) is 32.8 Å². The zero-order chi connectivity index (χ0) is 16.0. The molecule has 0 aliphatic carbocycles. The summed E-state index contributed by atoms with van der Waals surface area (Å²) in [6, 6.07) is 0. The topological polar surface area (TPSA) is 51.1 Å². The second-order valence-corrected chi connectivity index (χ2v) is 7.98. The number of thioether (sulfide) groups is 1. The van der Waals surface area contributed by atoms with E-state index in [1.165, 1.54) is 6.54 Å². The largest absolute Gasteiger partial charge is 0.387 e. The van der Waals surface area contributed by atoms with Crippen molar-refractivity contribution in [3.05, 3.63) is 0 Å². The van der Waals surface area contributed by atoms with Gasteiger partial charge in [0.2, 0.25) is 0 Å². The number of hydrogen-bond donors (Lipinski definition) is 2. The van der Waals surface area contributed by atoms with Gasteiger partial charge in [-0.05, 0) is 25.0 Å². The Hall–Kier alpha value is -0.460. The van der Waals surface area contributed by atoms with E-state index in [0.29, 0.717) is 6.54 Å². The molecule has 2 aliphatic heterocycles. The van der Waals surface area contributed by atoms with Crippen molar-refractivity contribution in [1.82, 2.24) is 15.1 Å². The number of piperazine rings is 1. The van der Waals surface area contributed by atoms with Crippen LogP contribution in [0, 0.1) is 5.92 Å². The molecule has 5 nitrogen and oxygen atoms in total. The quantitative estimate of drug-likeness (QED) is 0.584. The van der Waals surface area contributed by atoms with Crippen LogP contribution in [0.25, 0.3) is 0 Å². The Kier molecular flexibility index (Phi) is 6.84. The molecule has 0 aromatic rings. The minimum atomic E-state index is -0.592. The Labute approximate surface area is 139 Å². The predicted octanol–water partition coefficient (Wildman–Crippen LogP) is 1.09. The third-order valence-electron chi connectivity index (χ3n) is 4.24. The molecule has 0 spiro atoms. The molecule has 1 atom stereocenters. The van der Waals surface area contributed by atoms with E-state index in [0.717, 1.165) is 62.5 Å². The first-order chi connectivity index (χ1) is 10.5. The predicted molar refractivity (Wildman–Crippen MR) is 95.7 cm³/mol. The Morgan fingerprint density at radius 1 is 1.32 bits per heavy atom. The lowest BCUT2D eigenvalue weighted by Crippen LogP contribution is -2.53. The number of aliphatic imine (C=N–C) groups is 1. The van der Waals surface area contributed by atoms with Gasteiger partial charge < -0.3 is 15.3 Å². The van der Waals surface area contributed by atoms with E-state index in [1.54, 1.807) is 0 Å². The molecule has 2 aliphatic rings. The molecule has 2 heterocycles. The van der Waals surface area contributed by atoms with Gasteiger partial charge in [-0.25, -0.2) is 0 Å². The first kappa shape index (κ1) is 17.9. The van der Waals surface area contributed by atoms with Crippen LogP contribution < -0.4 is 5.32 Å². The molecule has 2 rings (SSSR count). The van der Waals surface area contributed by atoms with Gasteiger partial charge in [0.05, 0.1) is 12.1 Å². The number of aliphatic hydroxyl groups is 1. The molecule has 0 aromatic carbocycles. The van der Waals surface area contributed by atoms with Crippen molar-refractivity contribution in [3.8, 4) is 0 Å². The lowest BCUT2D eigenvalue weighted by atomic mass is 10.0. The van der Waals surface area contributed by atoms with Crippen LogP contribution in [0.2, 0.25) is 0 Å². The van der Waals surface area contributed by atoms with Gasteiger partial charge in [0.1, 0.15) is 0 Å². The SMILES string of the molecule is CCNC(=NCC1(O)CCSC1)N1CCN(CC(C)C)CC1. The Balaban J connectivity index is 1.88. The monoisotopic (exact) mass is 328 g/mol. The van der Waals surface area contributed by atoms with Crippen molar-refractivity contribution in [2.75, 3.05) is 57.3 Å². The highest BCUT2D eigenvalue weighted by atomic mass is 32.2. The fourth-order valence-electron chi connectivity index (χ4n) is 3.03. The van der Waals surface area contributed by atoms with Gasteiger partial charge in [-0.3, -0.25) is 9.89 Å². The van der Waals surface area contributed by atoms with Crippen molar-refractivity contribution in [2.24, 2.45) is 10.9 Å². The summed E-state index contributed by atoms with van der Waals surface area (Å²) in [5.41, 5.74) is -0.592. The molecular formula is C16H32N4OS. The minimum Gasteiger partial charge on any atom is -0.387 e. The van der Waals surface area contributed by atoms with E-state index in [4.69, 9.17) is 4.99 Å². The van der Waals surface area contributed by atoms with Crippen LogP contribution >= 0.6 is 11.8 Å². The third kappa shape index (κ3) is 5.32. The van der Waals surface area contributed by atoms with Crippen LogP contribution in [-0.4, -0.2) is 83.8 Å². The number of nitrogens with zero attached hydrogens (tertiary/aromatic N) is 3. The average Bonchev–Trinajstić information content (AvgIpc) is 2.91. The van der Waals surface area contributed by atoms with Crippen LogP contribution in [0.4, 0.5) is 0 Å². The van der Waals surface area contributed by atoms with Crippen molar-refractivity contribution in [1.29, 1.82) is 0 Å². The zero-order valence-corrected chi connectivity index (χ0v) is 15.2. The number of hydrogen-bond acceptors (Lipinski definition) is 4. The zero-order valence-electron chi connectivity index (χ0n) is 14.3. The molecule has 0 radical (unpaired) electrons. The molecule has 2 N–H and O–H groups in total. The normalized spacial score (nSPS) is 27.7. The summed E-state index contributed by atoms with van der Waals surface area (Å²) in [5, 5.41) is 13.9. The van der Waals surface area contributed by atoms with E-state index >= 15 is 0 Å². The summed E-state index contributed by atoms with van der Waals surface area (Å²) >= 11 is 1.83. The van der Waals surface area contributed by atoms with Crippen LogP contribution in [0.1, 0.15) is 27.2 Å². The highest BCUT2D eigenvalue weighted by Crippen LogP contribution is 2.27. The summed E-state index contributed by atoms with van der Waals surface area (Å²) in [4.78, 5) is 9.60. The fourth-order valence-corrected chi connectivity index (χ4v) is 4.31. The van der Waals surface area contributed by atoms with Crippen LogP contribution in [0.15, 0.2) is 4.99 Å². The molecule has 0 bridgehead atoms. The molecule has 128 valence electrons. The highest BCUT2D eigenvalue weighted by molar-refractivity contribution is 7.99. The summed E-state index contributed by atoms with van der Waals surface area (Å²) in [6.45, 7) is 13.5. The summed E-state index contributed by atoms with van der Waals surface area (Å²) in [7, 11) is 0. The molecule has 0 aromatic heterocycles. The first-order valence-electron chi connectivity index (χ1n) is 8.58. The molecule has 6 heteroatoms. The van der Waals surface area contributed by atoms with E-state index < -0.39 is 5.60 Å². The van der Waals surface area contributed by atoms with Gasteiger partial charge in [-0.1, -0.05) is 13.8 Å². The van der Waals surface area contributed by atoms with Crippen molar-refractivity contribution >= 4 is 17.7 Å². The minimum absolute atomic E-state index is 0.522. The van der Waals surface area contributed by atoms with Gasteiger partial charge in [-0.15, -0.1) is 0 Å². The Bertz CT molecular complexity index is 361. The fraction of sp³-hybridized carbons (Fsp3) is 0.938. The Morgan fingerprint density at radius 2 is 2.05 bits per heavy atom. The average molecular weight is 329 g/mol. The first-order valence-corrected chi connectivity index (χ1v) is 9.73. The van der Waals surface area contributed by atoms with Crippen molar-refractivity contribution in [3.63, 3.8) is 0 Å². The molecule has 0 saturated carbocycles. The standard InChI is InChI=1S/C16H32N4OS/c1-4-17-15(18-12-16(21)5-10-22-13-16)20-8-6-19(7-9-20)11-14(2)3/h14,21H,4-13H2,1-3H3,(H,17,18). The summed E-state index contributed by atoms with van der Waals surface area (Å²) in [5.74, 6) is 3.56. The molecule has 0 amide bonds. The van der Waals surface area contributed by atoms with Crippen LogP contribution in [0.3, 0.4) is 0 Å². The van der Waals surface area contributed by atoms with Gasteiger partial charge in [0, 0.05) is 45.0 Å². The van der Waals surface area contributed by atoms with Crippen molar-refractivity contribution < 1.29 is 5.11 Å². The Morgan fingerprint density at radius 3 is 2.59 bits per heavy atom. The number of rotatable bonds is 5. The highest BCUT2D eigenvalue weighted by Gasteiger charge is 2.32. The molecule has 2 saturated heterocycles. The second-order valence-electron chi connectivity index (χ2n) is 6.88. The lowest BCUT2D eigenvalue weighted by Gasteiger charge is -2.37. The van der Waals surface area contributed by atoms with Crippen LogP contribution in [0.5, 0.6) is 0 Å². The molecule has 22 heavy (non-hydrogen) atoms. The summed E-state index contributed by atoms with van der Waals surface area (Å²) in [6.07, 6.45) is 0.864. The van der Waals surface area contributed by atoms with E-state index in [9.17, 15) is 5.11 Å². The van der Waals surface area contributed by atoms with E-state index in [1.807, 2.05) is 11.8 Å². The lowest BCUT2D eigenvalue weighted by molar-refractivity contribution is 0.0772. The van der Waals surface area contributed by atoms with Gasteiger partial charge in [-0.2, -0.15) is 11.8 Å². The number of nitrogens with one attached hydrogen (secondary N) is 1. The van der Waals surface area contributed by atoms with E-state index in [2.05, 4.69) is 35.9 Å².